The Morgan fingerprint density at radius 2 is 0.714 bits per heavy atom. The SMILES string of the molecule is CC(C)(C)c1cccc2c1oc1c(N(c3ccc4oc5cc(N(c6ccccc6-c6ccccc6)c6cccc7c6oc6c(C(C)(C)C)cccc67)c6ccccc6c5c4c3)c3ccccc3-c3ccccc3)cccc12. The van der Waals surface area contributed by atoms with Crippen LogP contribution < -0.4 is 9.80 Å². The van der Waals surface area contributed by atoms with E-state index in [4.69, 9.17) is 13.3 Å². The highest BCUT2D eigenvalue weighted by Gasteiger charge is 2.29. The third kappa shape index (κ3) is 7.51. The highest BCUT2D eigenvalue weighted by atomic mass is 16.3. The number of hydrogen-bond donors (Lipinski definition) is 0. The quantitative estimate of drug-likeness (QED) is 0.152. The molecule has 0 aliphatic rings. The number of rotatable bonds is 8. The number of hydrogen-bond acceptors (Lipinski definition) is 5. The smallest absolute Gasteiger partial charge is 0.159 e. The van der Waals surface area contributed by atoms with Crippen molar-refractivity contribution in [2.24, 2.45) is 0 Å². The zero-order valence-corrected chi connectivity index (χ0v) is 44.1. The number of nitrogens with zero attached hydrogens (tertiary/aromatic N) is 2. The van der Waals surface area contributed by atoms with Gasteiger partial charge in [-0.15, -0.1) is 0 Å². The lowest BCUT2D eigenvalue weighted by Gasteiger charge is -2.29. The van der Waals surface area contributed by atoms with Crippen LogP contribution >= 0.6 is 0 Å². The molecule has 3 heterocycles. The van der Waals surface area contributed by atoms with Crippen LogP contribution in [0, 0.1) is 0 Å². The van der Waals surface area contributed by atoms with Crippen LogP contribution in [-0.4, -0.2) is 0 Å². The molecule has 11 aromatic carbocycles. The fourth-order valence-corrected chi connectivity index (χ4v) is 11.9. The van der Waals surface area contributed by atoms with Crippen LogP contribution in [0.1, 0.15) is 52.7 Å². The standard InChI is InChI=1S/C72H56N2O3/c1-71(2,3)57-35-19-31-52-54-33-21-39-61(69(54)76-67(52)57)73(59-37-17-15-27-48(59)45-23-9-7-10-24-45)47-41-42-64-56(43-47)66-51-30-14-13-29-50(51)63(44-65(66)75-64)74(60-38-18-16-28-49(60)46-25-11-8-12-26-46)62-40-22-34-55-53-32-20-36-58(72(4,5)6)68(53)77-70(55)62/h7-44H,1-6H3. The molecule has 0 atom stereocenters. The molecule has 0 aliphatic heterocycles. The van der Waals surface area contributed by atoms with Gasteiger partial charge in [-0.3, -0.25) is 0 Å². The molecule has 77 heavy (non-hydrogen) atoms. The minimum Gasteiger partial charge on any atom is -0.456 e. The van der Waals surface area contributed by atoms with Crippen molar-refractivity contribution in [1.29, 1.82) is 0 Å². The van der Waals surface area contributed by atoms with Crippen LogP contribution in [0.4, 0.5) is 34.1 Å². The first kappa shape index (κ1) is 46.2. The maximum atomic E-state index is 7.19. The second-order valence-electron chi connectivity index (χ2n) is 22.4. The molecule has 0 spiro atoms. The second kappa shape index (κ2) is 17.6. The molecule has 5 nitrogen and oxygen atoms in total. The van der Waals surface area contributed by atoms with Gasteiger partial charge < -0.3 is 23.1 Å². The minimum atomic E-state index is -0.130. The number of fused-ring (bicyclic) bond motifs is 11. The summed E-state index contributed by atoms with van der Waals surface area (Å²) in [4.78, 5) is 4.77. The Morgan fingerprint density at radius 1 is 0.286 bits per heavy atom. The van der Waals surface area contributed by atoms with Gasteiger partial charge in [0.2, 0.25) is 0 Å². The van der Waals surface area contributed by atoms with Crippen molar-refractivity contribution >= 4 is 111 Å². The summed E-state index contributed by atoms with van der Waals surface area (Å²) in [5.74, 6) is 0. The van der Waals surface area contributed by atoms with E-state index in [1.54, 1.807) is 0 Å². The van der Waals surface area contributed by atoms with E-state index in [2.05, 4.69) is 282 Å². The molecule has 14 aromatic rings. The van der Waals surface area contributed by atoms with Crippen LogP contribution in [0.25, 0.3) is 98.8 Å². The van der Waals surface area contributed by atoms with Gasteiger partial charge in [0, 0.05) is 71.7 Å². The van der Waals surface area contributed by atoms with E-state index in [-0.39, 0.29) is 10.8 Å². The van der Waals surface area contributed by atoms with Crippen LogP contribution in [0.2, 0.25) is 0 Å². The van der Waals surface area contributed by atoms with Gasteiger partial charge in [0.1, 0.15) is 22.3 Å². The largest absolute Gasteiger partial charge is 0.456 e. The molecule has 0 bridgehead atoms. The van der Waals surface area contributed by atoms with Crippen molar-refractivity contribution in [3.63, 3.8) is 0 Å². The molecule has 0 fully saturated rings. The van der Waals surface area contributed by atoms with Crippen molar-refractivity contribution < 1.29 is 13.3 Å². The van der Waals surface area contributed by atoms with Gasteiger partial charge in [-0.1, -0.05) is 224 Å². The molecule has 5 heteroatoms. The number of anilines is 6. The first-order valence-electron chi connectivity index (χ1n) is 26.7. The zero-order chi connectivity index (χ0) is 52.2. The molecule has 0 unspecified atom stereocenters. The van der Waals surface area contributed by atoms with Crippen LogP contribution in [0.15, 0.2) is 244 Å². The maximum absolute atomic E-state index is 7.19. The maximum Gasteiger partial charge on any atom is 0.159 e. The average Bonchev–Trinajstić information content (AvgIpc) is 4.24. The summed E-state index contributed by atoms with van der Waals surface area (Å²) < 4.78 is 21.5. The van der Waals surface area contributed by atoms with Gasteiger partial charge in [-0.25, -0.2) is 0 Å². The lowest BCUT2D eigenvalue weighted by molar-refractivity contribution is 0.572. The summed E-state index contributed by atoms with van der Waals surface area (Å²) >= 11 is 0. The van der Waals surface area contributed by atoms with E-state index in [9.17, 15) is 0 Å². The van der Waals surface area contributed by atoms with E-state index < -0.39 is 0 Å². The fourth-order valence-electron chi connectivity index (χ4n) is 11.9. The number of furan rings is 3. The van der Waals surface area contributed by atoms with Crippen molar-refractivity contribution in [1.82, 2.24) is 0 Å². The summed E-state index contributed by atoms with van der Waals surface area (Å²) in [5.41, 5.74) is 17.5. The van der Waals surface area contributed by atoms with Gasteiger partial charge in [-0.05, 0) is 69.8 Å². The topological polar surface area (TPSA) is 45.9 Å². The Bertz CT molecular complexity index is 4600. The van der Waals surface area contributed by atoms with E-state index in [0.717, 1.165) is 133 Å². The normalized spacial score (nSPS) is 12.3. The fraction of sp³-hybridized carbons (Fsp3) is 0.111. The third-order valence-electron chi connectivity index (χ3n) is 15.5. The summed E-state index contributed by atoms with van der Waals surface area (Å²) in [5, 5.41) is 8.57. The zero-order valence-electron chi connectivity index (χ0n) is 44.1. The molecular formula is C72H56N2O3. The molecule has 3 aromatic heterocycles. The highest BCUT2D eigenvalue weighted by molar-refractivity contribution is 6.24. The van der Waals surface area contributed by atoms with E-state index >= 15 is 0 Å². The summed E-state index contributed by atoms with van der Waals surface area (Å²) in [6, 6.07) is 82.5. The molecule has 372 valence electrons. The van der Waals surface area contributed by atoms with Crippen LogP contribution in [0.3, 0.4) is 0 Å². The first-order valence-corrected chi connectivity index (χ1v) is 26.7. The predicted molar refractivity (Wildman–Crippen MR) is 323 cm³/mol. The Labute approximate surface area is 447 Å². The molecule has 0 saturated carbocycles. The van der Waals surface area contributed by atoms with Gasteiger partial charge in [0.15, 0.2) is 11.2 Å². The van der Waals surface area contributed by atoms with E-state index in [1.807, 2.05) is 0 Å². The van der Waals surface area contributed by atoms with Gasteiger partial charge in [-0.2, -0.15) is 0 Å². The average molecular weight is 997 g/mol. The van der Waals surface area contributed by atoms with Crippen LogP contribution in [0.5, 0.6) is 0 Å². The van der Waals surface area contributed by atoms with Crippen molar-refractivity contribution in [3.8, 4) is 22.3 Å². The van der Waals surface area contributed by atoms with Crippen molar-refractivity contribution in [3.05, 3.63) is 242 Å². The number of benzene rings is 11. The minimum absolute atomic E-state index is 0.123. The molecule has 0 radical (unpaired) electrons. The predicted octanol–water partition coefficient (Wildman–Crippen LogP) is 21.4. The second-order valence-corrected chi connectivity index (χ2v) is 22.4. The lowest BCUT2D eigenvalue weighted by atomic mass is 9.86. The molecule has 0 aliphatic carbocycles. The molecule has 14 rings (SSSR count). The van der Waals surface area contributed by atoms with Gasteiger partial charge in [0.05, 0.1) is 28.4 Å². The summed E-state index contributed by atoms with van der Waals surface area (Å²) in [6.07, 6.45) is 0. The van der Waals surface area contributed by atoms with Gasteiger partial charge in [0.25, 0.3) is 0 Å². The Hall–Kier alpha value is -9.32. The summed E-state index contributed by atoms with van der Waals surface area (Å²) in [6.45, 7) is 13.5. The number of para-hydroxylation sites is 6. The summed E-state index contributed by atoms with van der Waals surface area (Å²) in [7, 11) is 0. The van der Waals surface area contributed by atoms with Crippen LogP contribution in [-0.2, 0) is 10.8 Å². The Morgan fingerprint density at radius 3 is 1.26 bits per heavy atom. The van der Waals surface area contributed by atoms with E-state index in [0.29, 0.717) is 0 Å². The first-order chi connectivity index (χ1) is 37.5. The van der Waals surface area contributed by atoms with Gasteiger partial charge >= 0.3 is 0 Å². The molecule has 0 amide bonds. The van der Waals surface area contributed by atoms with Crippen molar-refractivity contribution in [2.75, 3.05) is 9.80 Å². The monoisotopic (exact) mass is 996 g/mol. The Balaban J connectivity index is 1.03. The Kier molecular flexibility index (Phi) is 10.6. The van der Waals surface area contributed by atoms with E-state index in [1.165, 1.54) is 11.1 Å². The molecule has 0 N–H and O–H groups in total. The highest BCUT2D eigenvalue weighted by Crippen LogP contribution is 2.52. The third-order valence-corrected chi connectivity index (χ3v) is 15.5. The molecular weight excluding hydrogens is 941 g/mol. The lowest BCUT2D eigenvalue weighted by Crippen LogP contribution is -2.12. The molecule has 0 saturated heterocycles. The van der Waals surface area contributed by atoms with Crippen molar-refractivity contribution in [2.45, 2.75) is 52.4 Å².